The van der Waals surface area contributed by atoms with Crippen LogP contribution in [-0.4, -0.2) is 22.5 Å². The predicted molar refractivity (Wildman–Crippen MR) is 108 cm³/mol. The van der Waals surface area contributed by atoms with E-state index < -0.39 is 0 Å². The van der Waals surface area contributed by atoms with Crippen molar-refractivity contribution in [2.75, 3.05) is 11.9 Å². The third-order valence-corrected chi connectivity index (χ3v) is 4.21. The lowest BCUT2D eigenvalue weighted by atomic mass is 10.2. The van der Waals surface area contributed by atoms with Crippen molar-refractivity contribution in [2.24, 2.45) is 0 Å². The Labute approximate surface area is 168 Å². The largest absolute Gasteiger partial charge is 0.484 e. The summed E-state index contributed by atoms with van der Waals surface area (Å²) in [5.41, 5.74) is 3.11. The lowest BCUT2D eigenvalue weighted by Gasteiger charge is -2.10. The van der Waals surface area contributed by atoms with Crippen LogP contribution in [0.2, 0.25) is 5.02 Å². The molecule has 0 aliphatic carbocycles. The molecule has 1 aromatic heterocycles. The first-order chi connectivity index (χ1) is 13.4. The molecule has 0 atom stereocenters. The number of aromatic nitrogens is 2. The van der Waals surface area contributed by atoms with E-state index in [2.05, 4.69) is 15.3 Å². The molecule has 0 fully saturated rings. The average molecular weight is 398 g/mol. The number of rotatable bonds is 6. The molecule has 1 amide bonds. The van der Waals surface area contributed by atoms with Crippen molar-refractivity contribution < 1.29 is 14.3 Å². The first-order valence-electron chi connectivity index (χ1n) is 8.68. The highest BCUT2D eigenvalue weighted by atomic mass is 35.5. The third-order valence-electron chi connectivity index (χ3n) is 3.79. The molecular formula is C21H20ClN3O3. The number of nitrogens with zero attached hydrogens (tertiary/aromatic N) is 2. The van der Waals surface area contributed by atoms with Crippen LogP contribution in [0.4, 0.5) is 5.69 Å². The first kappa shape index (κ1) is 19.6. The predicted octanol–water partition coefficient (Wildman–Crippen LogP) is 4.87. The summed E-state index contributed by atoms with van der Waals surface area (Å²) in [5.74, 6) is 0.825. The Hall–Kier alpha value is -3.12. The van der Waals surface area contributed by atoms with Crippen molar-refractivity contribution in [2.45, 2.75) is 20.8 Å². The number of amides is 1. The van der Waals surface area contributed by atoms with Gasteiger partial charge in [0.1, 0.15) is 11.5 Å². The van der Waals surface area contributed by atoms with Gasteiger partial charge < -0.3 is 14.8 Å². The molecule has 1 N–H and O–H groups in total. The average Bonchev–Trinajstić information content (AvgIpc) is 2.62. The molecule has 7 heteroatoms. The van der Waals surface area contributed by atoms with E-state index >= 15 is 0 Å². The fourth-order valence-electron chi connectivity index (χ4n) is 2.53. The van der Waals surface area contributed by atoms with Crippen molar-refractivity contribution in [3.8, 4) is 17.5 Å². The van der Waals surface area contributed by atoms with E-state index in [1.54, 1.807) is 42.5 Å². The van der Waals surface area contributed by atoms with Crippen LogP contribution in [0.15, 0.2) is 48.5 Å². The minimum atomic E-state index is -0.285. The highest BCUT2D eigenvalue weighted by Crippen LogP contribution is 2.23. The minimum Gasteiger partial charge on any atom is -0.484 e. The summed E-state index contributed by atoms with van der Waals surface area (Å²) in [6.07, 6.45) is 0. The van der Waals surface area contributed by atoms with Gasteiger partial charge in [-0.25, -0.2) is 9.97 Å². The molecule has 0 aliphatic rings. The van der Waals surface area contributed by atoms with Crippen LogP contribution < -0.4 is 14.8 Å². The number of anilines is 1. The van der Waals surface area contributed by atoms with Gasteiger partial charge in [0.2, 0.25) is 0 Å². The molecule has 0 saturated heterocycles. The lowest BCUT2D eigenvalue weighted by Crippen LogP contribution is -2.20. The highest BCUT2D eigenvalue weighted by Gasteiger charge is 2.07. The molecule has 0 spiro atoms. The van der Waals surface area contributed by atoms with E-state index in [4.69, 9.17) is 21.1 Å². The van der Waals surface area contributed by atoms with Crippen LogP contribution in [0.5, 0.6) is 17.5 Å². The molecule has 0 saturated carbocycles. The first-order valence-corrected chi connectivity index (χ1v) is 9.06. The Morgan fingerprint density at radius 2 is 1.75 bits per heavy atom. The summed E-state index contributed by atoms with van der Waals surface area (Å²) in [6.45, 7) is 5.51. The number of nitrogens with one attached hydrogen (secondary N) is 1. The fourth-order valence-corrected chi connectivity index (χ4v) is 2.65. The maximum atomic E-state index is 12.2. The number of carbonyl (C=O) groups is 1. The number of aryl methyl sites for hydroxylation is 3. The van der Waals surface area contributed by atoms with Gasteiger partial charge in [-0.15, -0.1) is 0 Å². The normalized spacial score (nSPS) is 10.4. The zero-order valence-corrected chi connectivity index (χ0v) is 16.6. The molecule has 0 radical (unpaired) electrons. The number of ether oxygens (including phenoxy) is 2. The van der Waals surface area contributed by atoms with Crippen LogP contribution in [-0.2, 0) is 4.79 Å². The molecule has 2 aromatic carbocycles. The van der Waals surface area contributed by atoms with Gasteiger partial charge in [0.05, 0.1) is 0 Å². The van der Waals surface area contributed by atoms with Crippen molar-refractivity contribution in [1.29, 1.82) is 0 Å². The van der Waals surface area contributed by atoms with Crippen molar-refractivity contribution >= 4 is 23.2 Å². The van der Waals surface area contributed by atoms with Crippen LogP contribution in [0.3, 0.4) is 0 Å². The number of carbonyl (C=O) groups excluding carboxylic acids is 1. The molecule has 28 heavy (non-hydrogen) atoms. The monoisotopic (exact) mass is 397 g/mol. The smallest absolute Gasteiger partial charge is 0.322 e. The Balaban J connectivity index is 1.60. The summed E-state index contributed by atoms with van der Waals surface area (Å²) < 4.78 is 11.2. The van der Waals surface area contributed by atoms with E-state index in [-0.39, 0.29) is 18.5 Å². The zero-order valence-electron chi connectivity index (χ0n) is 15.8. The summed E-state index contributed by atoms with van der Waals surface area (Å²) in [5, 5.41) is 3.43. The second-order valence-electron chi connectivity index (χ2n) is 6.31. The SMILES string of the molecule is Cc1cc(C)nc(Oc2cccc(NC(=O)COc3ccc(Cl)c(C)c3)c2)n1. The van der Waals surface area contributed by atoms with Crippen molar-refractivity contribution in [1.82, 2.24) is 9.97 Å². The number of hydrogen-bond donors (Lipinski definition) is 1. The second kappa shape index (κ2) is 8.71. The van der Waals surface area contributed by atoms with Crippen LogP contribution in [0.1, 0.15) is 17.0 Å². The van der Waals surface area contributed by atoms with Gasteiger partial charge in [-0.1, -0.05) is 17.7 Å². The number of halogens is 1. The van der Waals surface area contributed by atoms with Gasteiger partial charge in [0, 0.05) is 28.2 Å². The quantitative estimate of drug-likeness (QED) is 0.642. The summed E-state index contributed by atoms with van der Waals surface area (Å²) in [7, 11) is 0. The molecular weight excluding hydrogens is 378 g/mol. The van der Waals surface area contributed by atoms with Crippen molar-refractivity contribution in [3.63, 3.8) is 0 Å². The maximum Gasteiger partial charge on any atom is 0.322 e. The number of benzene rings is 2. The Morgan fingerprint density at radius 1 is 1.00 bits per heavy atom. The third kappa shape index (κ3) is 5.44. The van der Waals surface area contributed by atoms with Gasteiger partial charge in [-0.2, -0.15) is 0 Å². The maximum absolute atomic E-state index is 12.2. The van der Waals surface area contributed by atoms with E-state index in [1.807, 2.05) is 26.8 Å². The van der Waals surface area contributed by atoms with Crippen molar-refractivity contribution in [3.05, 3.63) is 70.5 Å². The van der Waals surface area contributed by atoms with Gasteiger partial charge in [0.25, 0.3) is 5.91 Å². The standard InChI is InChI=1S/C21H20ClN3O3/c1-13-9-17(7-8-19(13)22)27-12-20(26)25-16-5-4-6-18(11-16)28-21-23-14(2)10-15(3)24-21/h4-11H,12H2,1-3H3,(H,25,26). The van der Waals surface area contributed by atoms with Gasteiger partial charge in [-0.3, -0.25) is 4.79 Å². The molecule has 6 nitrogen and oxygen atoms in total. The summed E-state index contributed by atoms with van der Waals surface area (Å²) >= 11 is 5.99. The van der Waals surface area contributed by atoms with Gasteiger partial charge >= 0.3 is 6.01 Å². The molecule has 144 valence electrons. The van der Waals surface area contributed by atoms with E-state index in [0.29, 0.717) is 22.2 Å². The Morgan fingerprint density at radius 3 is 2.46 bits per heavy atom. The zero-order chi connectivity index (χ0) is 20.1. The lowest BCUT2D eigenvalue weighted by molar-refractivity contribution is -0.118. The van der Waals surface area contributed by atoms with Crippen LogP contribution in [0.25, 0.3) is 0 Å². The minimum absolute atomic E-state index is 0.119. The molecule has 0 aliphatic heterocycles. The summed E-state index contributed by atoms with van der Waals surface area (Å²) in [6, 6.07) is 14.4. The molecule has 3 rings (SSSR count). The Bertz CT molecular complexity index is 988. The van der Waals surface area contributed by atoms with Crippen LogP contribution >= 0.6 is 11.6 Å². The van der Waals surface area contributed by atoms with Gasteiger partial charge in [-0.05, 0) is 62.7 Å². The fraction of sp³-hybridized carbons (Fsp3) is 0.190. The molecule has 0 bridgehead atoms. The second-order valence-corrected chi connectivity index (χ2v) is 6.72. The molecule has 0 unspecified atom stereocenters. The number of hydrogen-bond acceptors (Lipinski definition) is 5. The summed E-state index contributed by atoms with van der Waals surface area (Å²) in [4.78, 5) is 20.7. The van der Waals surface area contributed by atoms with Gasteiger partial charge in [0.15, 0.2) is 6.61 Å². The van der Waals surface area contributed by atoms with E-state index in [9.17, 15) is 4.79 Å². The molecule has 3 aromatic rings. The topological polar surface area (TPSA) is 73.3 Å². The van der Waals surface area contributed by atoms with Crippen LogP contribution in [0, 0.1) is 20.8 Å². The Kier molecular flexibility index (Phi) is 6.11. The highest BCUT2D eigenvalue weighted by molar-refractivity contribution is 6.31. The van der Waals surface area contributed by atoms with E-state index in [0.717, 1.165) is 17.0 Å². The molecule has 1 heterocycles. The van der Waals surface area contributed by atoms with E-state index in [1.165, 1.54) is 0 Å².